The molecule has 1 saturated heterocycles. The number of fused-ring (bicyclic) bond motifs is 9. The number of amides is 2. The van der Waals surface area contributed by atoms with Crippen LogP contribution in [0.1, 0.15) is 18.4 Å². The Morgan fingerprint density at radius 2 is 1.54 bits per heavy atom. The van der Waals surface area contributed by atoms with Crippen molar-refractivity contribution < 1.29 is 9.59 Å². The van der Waals surface area contributed by atoms with Crippen LogP contribution in [0, 0.1) is 17.8 Å². The van der Waals surface area contributed by atoms with Crippen molar-refractivity contribution in [2.24, 2.45) is 17.8 Å². The van der Waals surface area contributed by atoms with Crippen LogP contribution in [-0.4, -0.2) is 17.9 Å². The largest absolute Gasteiger partial charge is 0.381 e. The number of hydrogen-bond donors (Lipinski definition) is 2. The summed E-state index contributed by atoms with van der Waals surface area (Å²) >= 11 is 0. The van der Waals surface area contributed by atoms with Crippen LogP contribution in [0.15, 0.2) is 48.5 Å². The third-order valence-corrected chi connectivity index (χ3v) is 6.77. The normalized spacial score (nSPS) is 33.0. The summed E-state index contributed by atoms with van der Waals surface area (Å²) in [6.45, 7) is 2.17. The fourth-order valence-electron chi connectivity index (χ4n) is 5.86. The Morgan fingerprint density at radius 1 is 0.808 bits per heavy atom. The van der Waals surface area contributed by atoms with Crippen LogP contribution in [0.5, 0.6) is 0 Å². The molecule has 1 saturated carbocycles. The van der Waals surface area contributed by atoms with Gasteiger partial charge in [-0.2, -0.15) is 0 Å². The molecule has 0 bridgehead atoms. The van der Waals surface area contributed by atoms with Gasteiger partial charge in [-0.1, -0.05) is 48.0 Å². The van der Waals surface area contributed by atoms with Crippen molar-refractivity contribution >= 4 is 28.6 Å². The SMILES string of the molecule is CC1=c2ccccc2=C2C1C1Nc3ccccc3C1C1C(=O)NC(=O)C21. The molecule has 0 aromatic heterocycles. The lowest BCUT2D eigenvalue weighted by Gasteiger charge is -2.40. The van der Waals surface area contributed by atoms with Crippen LogP contribution in [0.2, 0.25) is 0 Å². The van der Waals surface area contributed by atoms with E-state index in [2.05, 4.69) is 41.8 Å². The standard InChI is InChI=1S/C22H18N2O2/c1-10-11-6-2-3-7-12(11)16-15(10)20-17(13-8-4-5-9-14(13)23-20)19-18(16)21(25)24-22(19)26/h2-9,15,17-20,23H,1H3,(H,24,25,26). The Labute approximate surface area is 150 Å². The number of benzene rings is 2. The molecule has 128 valence electrons. The Bertz CT molecular complexity index is 1130. The van der Waals surface area contributed by atoms with Crippen molar-refractivity contribution in [2.45, 2.75) is 18.9 Å². The van der Waals surface area contributed by atoms with E-state index < -0.39 is 0 Å². The van der Waals surface area contributed by atoms with Gasteiger partial charge in [-0.15, -0.1) is 0 Å². The number of para-hydroxylation sites is 1. The number of nitrogens with one attached hydrogen (secondary N) is 2. The van der Waals surface area contributed by atoms with Gasteiger partial charge in [-0.05, 0) is 34.6 Å². The Kier molecular flexibility index (Phi) is 2.55. The van der Waals surface area contributed by atoms with Crippen LogP contribution in [-0.2, 0) is 9.59 Å². The maximum Gasteiger partial charge on any atom is 0.234 e. The summed E-state index contributed by atoms with van der Waals surface area (Å²) in [5.41, 5.74) is 4.70. The van der Waals surface area contributed by atoms with E-state index in [1.165, 1.54) is 16.4 Å². The number of anilines is 1. The second-order valence-corrected chi connectivity index (χ2v) is 7.80. The summed E-state index contributed by atoms with van der Waals surface area (Å²) in [4.78, 5) is 25.6. The van der Waals surface area contributed by atoms with Crippen LogP contribution < -0.4 is 21.1 Å². The molecule has 2 aliphatic heterocycles. The van der Waals surface area contributed by atoms with Crippen molar-refractivity contribution in [1.29, 1.82) is 0 Å². The molecule has 2 N–H and O–H groups in total. The smallest absolute Gasteiger partial charge is 0.234 e. The highest BCUT2D eigenvalue weighted by Gasteiger charge is 2.60. The molecular formula is C22H18N2O2. The van der Waals surface area contributed by atoms with Gasteiger partial charge in [0.2, 0.25) is 11.8 Å². The molecule has 0 radical (unpaired) electrons. The van der Waals surface area contributed by atoms with Crippen LogP contribution >= 0.6 is 0 Å². The fraction of sp³-hybridized carbons (Fsp3) is 0.273. The first-order valence-corrected chi connectivity index (χ1v) is 9.17. The summed E-state index contributed by atoms with van der Waals surface area (Å²) in [6, 6.07) is 16.6. The number of rotatable bonds is 0. The van der Waals surface area contributed by atoms with Gasteiger partial charge in [0.1, 0.15) is 0 Å². The molecule has 4 aliphatic rings. The van der Waals surface area contributed by atoms with E-state index in [0.29, 0.717) is 0 Å². The second-order valence-electron chi connectivity index (χ2n) is 7.80. The van der Waals surface area contributed by atoms with Gasteiger partial charge in [0.15, 0.2) is 0 Å². The number of carbonyl (C=O) groups excluding carboxylic acids is 2. The number of hydrogen-bond acceptors (Lipinski definition) is 3. The Hall–Kier alpha value is -2.88. The molecule has 4 nitrogen and oxygen atoms in total. The van der Waals surface area contributed by atoms with Gasteiger partial charge in [0.05, 0.1) is 11.8 Å². The summed E-state index contributed by atoms with van der Waals surface area (Å²) in [7, 11) is 0. The van der Waals surface area contributed by atoms with Gasteiger partial charge in [-0.3, -0.25) is 14.9 Å². The number of carbonyl (C=O) groups is 2. The van der Waals surface area contributed by atoms with Crippen LogP contribution in [0.4, 0.5) is 5.69 Å². The summed E-state index contributed by atoms with van der Waals surface area (Å²) in [5, 5.41) is 8.68. The van der Waals surface area contributed by atoms with E-state index in [4.69, 9.17) is 0 Å². The van der Waals surface area contributed by atoms with E-state index in [0.717, 1.165) is 16.5 Å². The number of imide groups is 1. The topological polar surface area (TPSA) is 58.2 Å². The molecular weight excluding hydrogens is 324 g/mol. The van der Waals surface area contributed by atoms with Gasteiger partial charge >= 0.3 is 0 Å². The van der Waals surface area contributed by atoms with E-state index in [1.807, 2.05) is 24.3 Å². The first-order valence-electron chi connectivity index (χ1n) is 9.17. The van der Waals surface area contributed by atoms with Gasteiger partial charge in [-0.25, -0.2) is 0 Å². The lowest BCUT2D eigenvalue weighted by molar-refractivity contribution is -0.126. The molecule has 2 aromatic rings. The predicted molar refractivity (Wildman–Crippen MR) is 98.4 cm³/mol. The highest BCUT2D eigenvalue weighted by Crippen LogP contribution is 2.57. The van der Waals surface area contributed by atoms with E-state index in [1.54, 1.807) is 0 Å². The minimum atomic E-state index is -0.361. The summed E-state index contributed by atoms with van der Waals surface area (Å²) in [6.07, 6.45) is 0. The zero-order valence-corrected chi connectivity index (χ0v) is 14.3. The third kappa shape index (κ3) is 1.52. The van der Waals surface area contributed by atoms with Crippen LogP contribution in [0.25, 0.3) is 11.1 Å². The molecule has 2 fully saturated rings. The van der Waals surface area contributed by atoms with E-state index in [9.17, 15) is 9.59 Å². The average molecular weight is 342 g/mol. The van der Waals surface area contributed by atoms with Crippen molar-refractivity contribution in [3.63, 3.8) is 0 Å². The maximum absolute atomic E-state index is 12.8. The van der Waals surface area contributed by atoms with Gasteiger partial charge in [0, 0.05) is 23.6 Å². The van der Waals surface area contributed by atoms with Crippen molar-refractivity contribution in [2.75, 3.05) is 5.32 Å². The van der Waals surface area contributed by atoms with Crippen LogP contribution in [0.3, 0.4) is 0 Å². The molecule has 2 aliphatic carbocycles. The zero-order valence-electron chi connectivity index (χ0n) is 14.3. The maximum atomic E-state index is 12.8. The van der Waals surface area contributed by atoms with Gasteiger partial charge in [0.25, 0.3) is 0 Å². The third-order valence-electron chi connectivity index (χ3n) is 6.77. The first-order chi connectivity index (χ1) is 12.7. The minimum absolute atomic E-state index is 0.0284. The van der Waals surface area contributed by atoms with E-state index >= 15 is 0 Å². The van der Waals surface area contributed by atoms with Crippen molar-refractivity contribution in [3.05, 3.63) is 64.5 Å². The molecule has 6 rings (SSSR count). The summed E-state index contributed by atoms with van der Waals surface area (Å²) in [5.74, 6) is -0.758. The summed E-state index contributed by atoms with van der Waals surface area (Å²) < 4.78 is 0. The zero-order chi connectivity index (χ0) is 17.6. The Morgan fingerprint density at radius 3 is 2.38 bits per heavy atom. The highest BCUT2D eigenvalue weighted by atomic mass is 16.2. The molecule has 2 amide bonds. The lowest BCUT2D eigenvalue weighted by Crippen LogP contribution is -2.45. The average Bonchev–Trinajstić information content (AvgIpc) is 3.26. The first kappa shape index (κ1) is 14.3. The van der Waals surface area contributed by atoms with Crippen molar-refractivity contribution in [3.8, 4) is 0 Å². The molecule has 5 unspecified atom stereocenters. The molecule has 2 aromatic carbocycles. The van der Waals surface area contributed by atoms with Crippen molar-refractivity contribution in [1.82, 2.24) is 5.32 Å². The fourth-order valence-corrected chi connectivity index (χ4v) is 5.86. The minimum Gasteiger partial charge on any atom is -0.381 e. The predicted octanol–water partition coefficient (Wildman–Crippen LogP) is 1.12. The molecule has 2 heterocycles. The van der Waals surface area contributed by atoms with E-state index in [-0.39, 0.29) is 41.5 Å². The lowest BCUT2D eigenvalue weighted by atomic mass is 9.62. The second kappa shape index (κ2) is 4.64. The Balaban J connectivity index is 1.69. The molecule has 5 atom stereocenters. The molecule has 0 spiro atoms. The quantitative estimate of drug-likeness (QED) is 0.706. The molecule has 26 heavy (non-hydrogen) atoms. The highest BCUT2D eigenvalue weighted by molar-refractivity contribution is 6.11. The van der Waals surface area contributed by atoms with Gasteiger partial charge < -0.3 is 5.32 Å². The monoisotopic (exact) mass is 342 g/mol. The molecule has 4 heteroatoms.